The van der Waals surface area contributed by atoms with Crippen LogP contribution in [0.5, 0.6) is 5.75 Å². The van der Waals surface area contributed by atoms with Gasteiger partial charge in [-0.15, -0.1) is 0 Å². The molecule has 0 bridgehead atoms. The van der Waals surface area contributed by atoms with E-state index in [-0.39, 0.29) is 17.8 Å². The highest BCUT2D eigenvalue weighted by atomic mass is 16.5. The van der Waals surface area contributed by atoms with Crippen molar-refractivity contribution >= 4 is 24.3 Å². The van der Waals surface area contributed by atoms with Crippen molar-refractivity contribution in [3.05, 3.63) is 131 Å². The molecule has 0 saturated heterocycles. The summed E-state index contributed by atoms with van der Waals surface area (Å²) in [5.41, 5.74) is 13.0. The maximum Gasteiger partial charge on any atom is 0.311 e. The van der Waals surface area contributed by atoms with Crippen molar-refractivity contribution in [1.82, 2.24) is 19.8 Å². The van der Waals surface area contributed by atoms with Crippen molar-refractivity contribution in [3.63, 3.8) is 0 Å². The van der Waals surface area contributed by atoms with Crippen LogP contribution in [0.2, 0.25) is 0 Å². The molecule has 1 aromatic carbocycles. The van der Waals surface area contributed by atoms with E-state index in [2.05, 4.69) is 87.6 Å². The number of benzene rings is 1. The number of para-hydroxylation sites is 1. The summed E-state index contributed by atoms with van der Waals surface area (Å²) >= 11 is 0. The predicted molar refractivity (Wildman–Crippen MR) is 197 cm³/mol. The van der Waals surface area contributed by atoms with E-state index in [1.807, 2.05) is 66.3 Å². The first-order valence-electron chi connectivity index (χ1n) is 16.2. The molecule has 0 fully saturated rings. The van der Waals surface area contributed by atoms with Crippen LogP contribution in [0.4, 0.5) is 5.69 Å². The van der Waals surface area contributed by atoms with Gasteiger partial charge < -0.3 is 4.74 Å². The second kappa shape index (κ2) is 17.5. The number of nitrogens with zero attached hydrogens (tertiary/aromatic N) is 2. The number of esters is 1. The van der Waals surface area contributed by atoms with Crippen molar-refractivity contribution in [1.29, 1.82) is 0 Å². The number of aryl methyl sites for hydroxylation is 1. The Kier molecular flexibility index (Phi) is 13.6. The fourth-order valence-electron chi connectivity index (χ4n) is 4.57. The molecule has 47 heavy (non-hydrogen) atoms. The number of carbonyl (C=O) groups is 1. The van der Waals surface area contributed by atoms with Crippen molar-refractivity contribution in [2.45, 2.75) is 73.6 Å². The molecule has 0 spiro atoms. The zero-order valence-electron chi connectivity index (χ0n) is 29.0. The molecule has 2 heterocycles. The number of hydrogen-bond donors (Lipinski definition) is 4. The Morgan fingerprint density at radius 1 is 1.00 bits per heavy atom. The molecule has 0 aliphatic heterocycles. The molecule has 0 atom stereocenters. The molecule has 0 aliphatic rings. The Bertz CT molecular complexity index is 1770. The minimum atomic E-state index is -0.298. The fraction of sp³-hybridized carbons (Fsp3) is 0.308. The molecule has 4 N–H and O–H groups in total. The van der Waals surface area contributed by atoms with Gasteiger partial charge in [0.1, 0.15) is 5.75 Å². The van der Waals surface area contributed by atoms with Gasteiger partial charge in [0.25, 0.3) is 0 Å². The number of allylic oxidation sites excluding steroid dienone is 8. The van der Waals surface area contributed by atoms with Gasteiger partial charge in [0, 0.05) is 18.3 Å². The maximum atomic E-state index is 12.7. The Balaban J connectivity index is 1.56. The Hall–Kier alpha value is -5.11. The number of ether oxygens (including phenoxy) is 1. The van der Waals surface area contributed by atoms with E-state index in [4.69, 9.17) is 4.74 Å². The van der Waals surface area contributed by atoms with Crippen LogP contribution < -0.4 is 26.3 Å². The summed E-state index contributed by atoms with van der Waals surface area (Å²) in [5, 5.41) is 8.29. The van der Waals surface area contributed by atoms with E-state index in [1.165, 1.54) is 11.1 Å². The first-order valence-corrected chi connectivity index (χ1v) is 16.2. The molecule has 0 saturated carbocycles. The van der Waals surface area contributed by atoms with E-state index in [0.717, 1.165) is 52.6 Å². The number of aromatic amines is 2. The van der Waals surface area contributed by atoms with Gasteiger partial charge in [-0.1, -0.05) is 102 Å². The summed E-state index contributed by atoms with van der Waals surface area (Å²) in [7, 11) is 0. The van der Waals surface area contributed by atoms with Gasteiger partial charge >= 0.3 is 5.97 Å². The van der Waals surface area contributed by atoms with E-state index in [1.54, 1.807) is 23.1 Å². The smallest absolute Gasteiger partial charge is 0.311 e. The van der Waals surface area contributed by atoms with Crippen molar-refractivity contribution in [3.8, 4) is 5.75 Å². The molecule has 250 valence electrons. The van der Waals surface area contributed by atoms with Gasteiger partial charge in [-0.25, -0.2) is 4.79 Å². The first kappa shape index (κ1) is 36.4. The lowest BCUT2D eigenvalue weighted by Gasteiger charge is -2.22. The van der Waals surface area contributed by atoms with Gasteiger partial charge in [0.15, 0.2) is 0 Å². The van der Waals surface area contributed by atoms with Crippen LogP contribution in [0.3, 0.4) is 0 Å². The van der Waals surface area contributed by atoms with E-state index >= 15 is 0 Å². The molecule has 2 aromatic heterocycles. The third kappa shape index (κ3) is 11.6. The maximum absolute atomic E-state index is 12.7. The molecule has 8 nitrogen and oxygen atoms in total. The predicted octanol–water partition coefficient (Wildman–Crippen LogP) is 8.11. The average Bonchev–Trinajstić information content (AvgIpc) is 3.04. The van der Waals surface area contributed by atoms with Gasteiger partial charge in [-0.05, 0) is 86.1 Å². The minimum Gasteiger partial charge on any atom is -0.426 e. The number of carbonyl (C=O) groups excluding carboxylic acids is 1. The lowest BCUT2D eigenvalue weighted by Crippen LogP contribution is -2.50. The Morgan fingerprint density at radius 2 is 1.74 bits per heavy atom. The van der Waals surface area contributed by atoms with Crippen molar-refractivity contribution in [2.75, 3.05) is 10.9 Å². The monoisotopic (exact) mass is 636 g/mol. The van der Waals surface area contributed by atoms with Crippen LogP contribution in [0.25, 0.3) is 12.7 Å². The molecule has 0 aliphatic carbocycles. The van der Waals surface area contributed by atoms with Crippen LogP contribution in [-0.4, -0.2) is 25.7 Å². The highest BCUT2D eigenvalue weighted by molar-refractivity contribution is 5.72. The van der Waals surface area contributed by atoms with E-state index in [0.29, 0.717) is 12.2 Å². The van der Waals surface area contributed by atoms with Gasteiger partial charge in [-0.3, -0.25) is 25.8 Å². The zero-order chi connectivity index (χ0) is 34.4. The van der Waals surface area contributed by atoms with Crippen LogP contribution in [0.1, 0.15) is 72.4 Å². The number of aromatic nitrogens is 4. The number of anilines is 1. The molecule has 3 aromatic rings. The Morgan fingerprint density at radius 3 is 2.38 bits per heavy atom. The van der Waals surface area contributed by atoms with E-state index in [9.17, 15) is 4.79 Å². The van der Waals surface area contributed by atoms with Gasteiger partial charge in [0.2, 0.25) is 0 Å². The number of rotatable bonds is 15. The standard InChI is InChI=1S/C39H52N6O2/c1-10-16-33(39(7,8)9)28-34(12-3)41-44-30(5)20-22-36(25-26-40-44)47-38(46)24-19-29(4)27-32(11-2)21-23-37-31(6)45(43-37)42-35-17-14-13-15-18-35/h10,13-18,20-23,25-26,28,40-43H,1,4,6,11-12,19,24,27H2,2-3,5,7-9H3/b26-25?,30-20?,32-21+,33-16+,34-28+,36-22?,37-23+. The summed E-state index contributed by atoms with van der Waals surface area (Å²) in [4.78, 5) is 16.3. The molecule has 0 radical (unpaired) electrons. The number of nitrogens with one attached hydrogen (secondary N) is 4. The summed E-state index contributed by atoms with van der Waals surface area (Å²) in [5.74, 6) is 0.167. The van der Waals surface area contributed by atoms with Crippen molar-refractivity contribution < 1.29 is 9.53 Å². The summed E-state index contributed by atoms with van der Waals surface area (Å²) < 4.78 is 5.67. The molecule has 8 heteroatoms. The number of H-pyrrole nitrogens is 2. The summed E-state index contributed by atoms with van der Waals surface area (Å²) in [6, 6.07) is 15.4. The summed E-state index contributed by atoms with van der Waals surface area (Å²) in [6.45, 7) is 25.0. The van der Waals surface area contributed by atoms with Crippen LogP contribution in [0, 0.1) is 12.3 Å². The highest BCUT2D eigenvalue weighted by Crippen LogP contribution is 2.27. The molecule has 3 rings (SSSR count). The Labute approximate surface area is 279 Å². The minimum absolute atomic E-state index is 0.0151. The SMILES string of the molecule is C=C/C=C(\C=C(/CC)Nn1[nH]ccc(OC(=O)CCC(=C)C/C(=C/C=c2/[nH]n(Nc3ccccc3)c2=C)CC)ccc1C)C(C)(C)C. The van der Waals surface area contributed by atoms with E-state index < -0.39 is 0 Å². The zero-order valence-corrected chi connectivity index (χ0v) is 29.0. The third-order valence-electron chi connectivity index (χ3n) is 7.58. The second-order valence-electron chi connectivity index (χ2n) is 12.4. The third-order valence-corrected chi connectivity index (χ3v) is 7.58. The second-order valence-corrected chi connectivity index (χ2v) is 12.4. The first-order chi connectivity index (χ1) is 22.4. The topological polar surface area (TPSA) is 91.8 Å². The fourth-order valence-corrected chi connectivity index (χ4v) is 4.57. The van der Waals surface area contributed by atoms with Crippen LogP contribution in [-0.2, 0) is 4.79 Å². The van der Waals surface area contributed by atoms with Crippen molar-refractivity contribution in [2.24, 2.45) is 5.41 Å². The lowest BCUT2D eigenvalue weighted by molar-refractivity contribution is -0.134. The number of hydrogen-bond acceptors (Lipinski definition) is 4. The molecule has 0 amide bonds. The summed E-state index contributed by atoms with van der Waals surface area (Å²) in [6.07, 6.45) is 15.1. The van der Waals surface area contributed by atoms with Crippen LogP contribution in [0.15, 0.2) is 115 Å². The largest absolute Gasteiger partial charge is 0.426 e. The highest BCUT2D eigenvalue weighted by Gasteiger charge is 2.15. The molecular formula is C39H52N6O2. The van der Waals surface area contributed by atoms with Crippen LogP contribution >= 0.6 is 0 Å². The lowest BCUT2D eigenvalue weighted by atomic mass is 9.85. The van der Waals surface area contributed by atoms with Gasteiger partial charge in [-0.2, -0.15) is 4.79 Å². The molecular weight excluding hydrogens is 584 g/mol. The molecule has 0 unspecified atom stereocenters. The normalized spacial score (nSPS) is 12.9. The quantitative estimate of drug-likeness (QED) is 0.0771. The van der Waals surface area contributed by atoms with Gasteiger partial charge in [0.05, 0.1) is 22.1 Å². The average molecular weight is 637 g/mol.